The van der Waals surface area contributed by atoms with Gasteiger partial charge in [-0.2, -0.15) is 0 Å². The molecule has 1 N–H and O–H groups in total. The van der Waals surface area contributed by atoms with Gasteiger partial charge in [-0.1, -0.05) is 18.2 Å². The van der Waals surface area contributed by atoms with Gasteiger partial charge in [0.1, 0.15) is 0 Å². The summed E-state index contributed by atoms with van der Waals surface area (Å²) in [7, 11) is 4.90. The largest absolute Gasteiger partial charge is 0.389 e. The van der Waals surface area contributed by atoms with E-state index in [1.807, 2.05) is 42.3 Å². The van der Waals surface area contributed by atoms with Crippen LogP contribution in [0.5, 0.6) is 0 Å². The number of aryl methyl sites for hydroxylation is 1. The molecule has 3 rings (SSSR count). The van der Waals surface area contributed by atoms with Gasteiger partial charge in [0, 0.05) is 33.4 Å². The first-order valence-electron chi connectivity index (χ1n) is 7.95. The van der Waals surface area contributed by atoms with Crippen molar-refractivity contribution >= 4 is 16.9 Å². The number of hydrogen-bond donors (Lipinski definition) is 1. The number of likely N-dealkylation sites (N-methyl/N-ethyl adjacent to an activating group) is 1. The van der Waals surface area contributed by atoms with Crippen molar-refractivity contribution in [2.24, 2.45) is 14.1 Å². The van der Waals surface area contributed by atoms with E-state index in [9.17, 15) is 14.7 Å². The summed E-state index contributed by atoms with van der Waals surface area (Å²) in [6, 6.07) is 9.73. The molecule has 1 atom stereocenters. The number of anilines is 1. The Morgan fingerprint density at radius 1 is 1.16 bits per heavy atom. The molecule has 0 spiro atoms. The van der Waals surface area contributed by atoms with Crippen molar-refractivity contribution in [1.82, 2.24) is 18.7 Å². The second-order valence-corrected chi connectivity index (χ2v) is 6.14. The number of aliphatic hydroxyl groups is 1. The number of fused-ring (bicyclic) bond motifs is 1. The van der Waals surface area contributed by atoms with E-state index in [-0.39, 0.29) is 6.54 Å². The molecule has 0 aliphatic carbocycles. The maximum atomic E-state index is 12.4. The third-order valence-corrected chi connectivity index (χ3v) is 4.31. The Morgan fingerprint density at radius 3 is 2.52 bits per heavy atom. The first-order valence-corrected chi connectivity index (χ1v) is 7.95. The molecule has 0 saturated heterocycles. The Morgan fingerprint density at radius 2 is 1.84 bits per heavy atom. The Hall–Kier alpha value is -2.87. The molecule has 0 radical (unpaired) electrons. The van der Waals surface area contributed by atoms with Gasteiger partial charge in [0.15, 0.2) is 11.2 Å². The summed E-state index contributed by atoms with van der Waals surface area (Å²) in [6.45, 7) is 0.608. The standard InChI is InChI=1S/C17H21N5O3/c1-19(12-7-5-4-6-8-12)9-13(23)10-22-11-18-15-14(22)16(24)21(3)17(25)20(15)2/h4-8,11,13,23H,9-10H2,1-3H3/t13-/m1/s1. The number of rotatable bonds is 5. The van der Waals surface area contributed by atoms with Gasteiger partial charge in [0.25, 0.3) is 5.56 Å². The van der Waals surface area contributed by atoms with Gasteiger partial charge in [0.2, 0.25) is 0 Å². The summed E-state index contributed by atoms with van der Waals surface area (Å²) in [6.07, 6.45) is 0.779. The zero-order valence-electron chi connectivity index (χ0n) is 14.5. The molecule has 3 aromatic rings. The molecule has 8 heteroatoms. The van der Waals surface area contributed by atoms with Gasteiger partial charge < -0.3 is 14.6 Å². The fourth-order valence-electron chi connectivity index (χ4n) is 2.92. The minimum Gasteiger partial charge on any atom is -0.389 e. The Bertz CT molecular complexity index is 1000. The lowest BCUT2D eigenvalue weighted by molar-refractivity contribution is 0.162. The van der Waals surface area contributed by atoms with Crippen molar-refractivity contribution in [3.8, 4) is 0 Å². The van der Waals surface area contributed by atoms with Crippen LogP contribution in [0.3, 0.4) is 0 Å². The average molecular weight is 343 g/mol. The van der Waals surface area contributed by atoms with E-state index in [1.165, 1.54) is 17.9 Å². The van der Waals surface area contributed by atoms with Crippen LogP contribution in [-0.4, -0.2) is 43.5 Å². The number of para-hydroxylation sites is 1. The highest BCUT2D eigenvalue weighted by Crippen LogP contribution is 2.12. The van der Waals surface area contributed by atoms with Crippen molar-refractivity contribution in [1.29, 1.82) is 0 Å². The molecule has 0 fully saturated rings. The molecule has 0 unspecified atom stereocenters. The van der Waals surface area contributed by atoms with Crippen LogP contribution in [0.2, 0.25) is 0 Å². The summed E-state index contributed by atoms with van der Waals surface area (Å²) < 4.78 is 3.97. The molecule has 8 nitrogen and oxygen atoms in total. The van der Waals surface area contributed by atoms with E-state index >= 15 is 0 Å². The summed E-state index contributed by atoms with van der Waals surface area (Å²) in [5.74, 6) is 0. The highest BCUT2D eigenvalue weighted by molar-refractivity contribution is 5.69. The SMILES string of the molecule is CN(C[C@@H](O)Cn1cnc2c1c(=O)n(C)c(=O)n2C)c1ccccc1. The van der Waals surface area contributed by atoms with Gasteiger partial charge in [-0.15, -0.1) is 0 Å². The highest BCUT2D eigenvalue weighted by atomic mass is 16.3. The number of aliphatic hydroxyl groups excluding tert-OH is 1. The van der Waals surface area contributed by atoms with Crippen molar-refractivity contribution in [3.63, 3.8) is 0 Å². The fraction of sp³-hybridized carbons (Fsp3) is 0.353. The van der Waals surface area contributed by atoms with Gasteiger partial charge in [-0.3, -0.25) is 13.9 Å². The minimum atomic E-state index is -0.704. The lowest BCUT2D eigenvalue weighted by atomic mass is 10.2. The maximum Gasteiger partial charge on any atom is 0.332 e. The molecule has 1 aromatic carbocycles. The number of imidazole rings is 1. The molecular formula is C17H21N5O3. The lowest BCUT2D eigenvalue weighted by Gasteiger charge is -2.23. The monoisotopic (exact) mass is 343 g/mol. The number of nitrogens with zero attached hydrogens (tertiary/aromatic N) is 5. The summed E-state index contributed by atoms with van der Waals surface area (Å²) in [5.41, 5.74) is 0.782. The fourth-order valence-corrected chi connectivity index (χ4v) is 2.92. The van der Waals surface area contributed by atoms with Crippen molar-refractivity contribution < 1.29 is 5.11 Å². The zero-order chi connectivity index (χ0) is 18.1. The topological polar surface area (TPSA) is 85.3 Å². The predicted molar refractivity (Wildman–Crippen MR) is 95.9 cm³/mol. The second kappa shape index (κ2) is 6.56. The first-order chi connectivity index (χ1) is 11.9. The van der Waals surface area contributed by atoms with Crippen LogP contribution >= 0.6 is 0 Å². The van der Waals surface area contributed by atoms with E-state index in [0.717, 1.165) is 10.3 Å². The summed E-state index contributed by atoms with van der Waals surface area (Å²) in [4.78, 5) is 30.5. The number of hydrogen-bond acceptors (Lipinski definition) is 5. The van der Waals surface area contributed by atoms with Gasteiger partial charge in [-0.05, 0) is 12.1 Å². The molecule has 0 bridgehead atoms. The highest BCUT2D eigenvalue weighted by Gasteiger charge is 2.17. The van der Waals surface area contributed by atoms with Crippen molar-refractivity contribution in [3.05, 3.63) is 57.5 Å². The van der Waals surface area contributed by atoms with Gasteiger partial charge >= 0.3 is 5.69 Å². The normalized spacial score (nSPS) is 12.5. The quantitative estimate of drug-likeness (QED) is 0.701. The Kier molecular flexibility index (Phi) is 4.45. The van der Waals surface area contributed by atoms with Gasteiger partial charge in [-0.25, -0.2) is 9.78 Å². The first kappa shape index (κ1) is 17.0. The van der Waals surface area contributed by atoms with Crippen LogP contribution in [0, 0.1) is 0 Å². The summed E-state index contributed by atoms with van der Waals surface area (Å²) >= 11 is 0. The van der Waals surface area contributed by atoms with Crippen LogP contribution in [0.15, 0.2) is 46.2 Å². The molecule has 0 saturated carbocycles. The second-order valence-electron chi connectivity index (χ2n) is 6.14. The molecule has 2 heterocycles. The predicted octanol–water partition coefficient (Wildman–Crippen LogP) is -0.0690. The minimum absolute atomic E-state index is 0.209. The van der Waals surface area contributed by atoms with E-state index < -0.39 is 17.4 Å². The average Bonchev–Trinajstić information content (AvgIpc) is 3.02. The molecule has 0 amide bonds. The molecule has 25 heavy (non-hydrogen) atoms. The molecular weight excluding hydrogens is 322 g/mol. The van der Waals surface area contributed by atoms with Crippen molar-refractivity contribution in [2.45, 2.75) is 12.6 Å². The molecule has 0 aliphatic heterocycles. The summed E-state index contributed by atoms with van der Waals surface area (Å²) in [5, 5.41) is 10.4. The Balaban J connectivity index is 1.86. The van der Waals surface area contributed by atoms with E-state index in [4.69, 9.17) is 0 Å². The van der Waals surface area contributed by atoms with E-state index in [2.05, 4.69) is 4.98 Å². The van der Waals surface area contributed by atoms with Crippen molar-refractivity contribution in [2.75, 3.05) is 18.5 Å². The molecule has 132 valence electrons. The smallest absolute Gasteiger partial charge is 0.332 e. The van der Waals surface area contributed by atoms with Crippen LogP contribution in [0.25, 0.3) is 11.2 Å². The maximum absolute atomic E-state index is 12.4. The number of aromatic nitrogens is 4. The zero-order valence-corrected chi connectivity index (χ0v) is 14.5. The van der Waals surface area contributed by atoms with Crippen LogP contribution in [0.1, 0.15) is 0 Å². The third-order valence-electron chi connectivity index (χ3n) is 4.31. The van der Waals surface area contributed by atoms with E-state index in [0.29, 0.717) is 17.7 Å². The van der Waals surface area contributed by atoms with Crippen LogP contribution in [-0.2, 0) is 20.6 Å². The van der Waals surface area contributed by atoms with E-state index in [1.54, 1.807) is 11.6 Å². The molecule has 2 aromatic heterocycles. The third kappa shape index (κ3) is 3.08. The lowest BCUT2D eigenvalue weighted by Crippen LogP contribution is -2.38. The molecule has 0 aliphatic rings. The Labute approximate surface area is 144 Å². The van der Waals surface area contributed by atoms with Crippen LogP contribution < -0.4 is 16.1 Å². The van der Waals surface area contributed by atoms with Crippen LogP contribution in [0.4, 0.5) is 5.69 Å². The van der Waals surface area contributed by atoms with Gasteiger partial charge in [0.05, 0.1) is 19.0 Å². The number of benzene rings is 1.